The number of pyridine rings is 1. The first-order valence-corrected chi connectivity index (χ1v) is 8.98. The molecule has 7 nitrogen and oxygen atoms in total. The zero-order valence-corrected chi connectivity index (χ0v) is 15.6. The minimum atomic E-state index is -0.267. The van der Waals surface area contributed by atoms with Crippen LogP contribution < -0.4 is 15.8 Å². The van der Waals surface area contributed by atoms with Gasteiger partial charge in [-0.3, -0.25) is 14.4 Å². The van der Waals surface area contributed by atoms with E-state index in [0.717, 1.165) is 37.4 Å². The van der Waals surface area contributed by atoms with E-state index in [1.165, 1.54) is 10.6 Å². The number of carbonyl (C=O) groups is 2. The minimum absolute atomic E-state index is 0.122. The van der Waals surface area contributed by atoms with Gasteiger partial charge in [-0.2, -0.15) is 0 Å². The Balaban J connectivity index is 1.55. The summed E-state index contributed by atoms with van der Waals surface area (Å²) in [6.45, 7) is 5.11. The van der Waals surface area contributed by atoms with Crippen molar-refractivity contribution in [1.29, 1.82) is 0 Å². The molecule has 0 radical (unpaired) electrons. The first kappa shape index (κ1) is 18.7. The second-order valence-corrected chi connectivity index (χ2v) is 6.71. The first-order chi connectivity index (χ1) is 12.9. The van der Waals surface area contributed by atoms with E-state index < -0.39 is 0 Å². The van der Waals surface area contributed by atoms with Crippen LogP contribution in [0.25, 0.3) is 0 Å². The predicted molar refractivity (Wildman–Crippen MR) is 104 cm³/mol. The fraction of sp³-hybridized carbons (Fsp3) is 0.350. The number of rotatable bonds is 4. The highest BCUT2D eigenvalue weighted by Crippen LogP contribution is 2.17. The normalized spacial score (nSPS) is 14.1. The van der Waals surface area contributed by atoms with Crippen molar-refractivity contribution in [1.82, 2.24) is 14.8 Å². The molecule has 0 unspecified atom stereocenters. The fourth-order valence-electron chi connectivity index (χ4n) is 3.08. The third-order valence-electron chi connectivity index (χ3n) is 4.85. The minimum Gasteiger partial charge on any atom is -0.368 e. The molecule has 2 amide bonds. The van der Waals surface area contributed by atoms with Crippen molar-refractivity contribution < 1.29 is 9.59 Å². The molecule has 0 spiro atoms. The molecule has 142 valence electrons. The average molecular weight is 368 g/mol. The van der Waals surface area contributed by atoms with E-state index in [4.69, 9.17) is 0 Å². The van der Waals surface area contributed by atoms with Gasteiger partial charge >= 0.3 is 0 Å². The lowest BCUT2D eigenvalue weighted by molar-refractivity contribution is -0.129. The van der Waals surface area contributed by atoms with E-state index in [9.17, 15) is 14.4 Å². The molecular formula is C20H24N4O3. The number of aromatic nitrogens is 1. The Morgan fingerprint density at radius 1 is 1.04 bits per heavy atom. The molecule has 7 heteroatoms. The second-order valence-electron chi connectivity index (χ2n) is 6.71. The predicted octanol–water partition coefficient (Wildman–Crippen LogP) is 0.984. The summed E-state index contributed by atoms with van der Waals surface area (Å²) < 4.78 is 1.42. The Labute approximate surface area is 158 Å². The van der Waals surface area contributed by atoms with Gasteiger partial charge in [0.25, 0.3) is 11.5 Å². The lowest BCUT2D eigenvalue weighted by atomic mass is 10.1. The number of nitrogens with zero attached hydrogens (tertiary/aromatic N) is 3. The number of carbonyl (C=O) groups excluding carboxylic acids is 2. The summed E-state index contributed by atoms with van der Waals surface area (Å²) in [5.41, 5.74) is 2.24. The van der Waals surface area contributed by atoms with Crippen molar-refractivity contribution in [3.05, 3.63) is 64.1 Å². The number of hydrogen-bond donors (Lipinski definition) is 1. The summed E-state index contributed by atoms with van der Waals surface area (Å²) in [5, 5.41) is 2.83. The highest BCUT2D eigenvalue weighted by molar-refractivity contribution is 5.93. The molecule has 1 saturated heterocycles. The summed E-state index contributed by atoms with van der Waals surface area (Å²) in [6, 6.07) is 11.0. The maximum atomic E-state index is 12.2. The molecule has 1 aliphatic heterocycles. The van der Waals surface area contributed by atoms with Gasteiger partial charge in [-0.1, -0.05) is 12.1 Å². The summed E-state index contributed by atoms with van der Waals surface area (Å²) in [4.78, 5) is 39.3. The smallest absolute Gasteiger partial charge is 0.251 e. The van der Waals surface area contributed by atoms with Crippen LogP contribution >= 0.6 is 0 Å². The topological polar surface area (TPSA) is 74.7 Å². The second kappa shape index (κ2) is 8.07. The first-order valence-electron chi connectivity index (χ1n) is 8.98. The zero-order chi connectivity index (χ0) is 19.4. The van der Waals surface area contributed by atoms with Gasteiger partial charge in [0.15, 0.2) is 0 Å². The van der Waals surface area contributed by atoms with Crippen molar-refractivity contribution in [2.45, 2.75) is 13.5 Å². The third-order valence-corrected chi connectivity index (χ3v) is 4.85. The van der Waals surface area contributed by atoms with Gasteiger partial charge in [-0.15, -0.1) is 0 Å². The SMILES string of the molecule is CC(=O)N1CCN(c2ccc(CNC(=O)c3ccn(C)c(=O)c3)cc2)CC1. The van der Waals surface area contributed by atoms with E-state index in [1.807, 2.05) is 29.2 Å². The number of piperazine rings is 1. The van der Waals surface area contributed by atoms with Gasteiger partial charge < -0.3 is 19.7 Å². The van der Waals surface area contributed by atoms with Gasteiger partial charge in [0, 0.05) is 70.2 Å². The molecule has 2 aromatic rings. The van der Waals surface area contributed by atoms with E-state index in [-0.39, 0.29) is 17.4 Å². The summed E-state index contributed by atoms with van der Waals surface area (Å²) in [6.07, 6.45) is 1.58. The van der Waals surface area contributed by atoms with Crippen LogP contribution in [0.15, 0.2) is 47.4 Å². The number of amides is 2. The molecule has 3 rings (SSSR count). The Hall–Kier alpha value is -3.09. The van der Waals surface area contributed by atoms with Gasteiger partial charge in [0.05, 0.1) is 0 Å². The maximum absolute atomic E-state index is 12.2. The maximum Gasteiger partial charge on any atom is 0.251 e. The molecule has 0 bridgehead atoms. The molecule has 2 heterocycles. The molecule has 1 aromatic heterocycles. The van der Waals surface area contributed by atoms with E-state index in [2.05, 4.69) is 10.2 Å². The zero-order valence-electron chi connectivity index (χ0n) is 15.6. The average Bonchev–Trinajstić information content (AvgIpc) is 2.68. The fourth-order valence-corrected chi connectivity index (χ4v) is 3.08. The summed E-state index contributed by atoms with van der Waals surface area (Å²) >= 11 is 0. The van der Waals surface area contributed by atoms with Crippen molar-refractivity contribution in [2.75, 3.05) is 31.1 Å². The van der Waals surface area contributed by atoms with Crippen molar-refractivity contribution in [3.8, 4) is 0 Å². The van der Waals surface area contributed by atoms with Gasteiger partial charge in [0.1, 0.15) is 0 Å². The number of benzene rings is 1. The largest absolute Gasteiger partial charge is 0.368 e. The molecule has 0 saturated carbocycles. The Kier molecular flexibility index (Phi) is 5.59. The summed E-state index contributed by atoms with van der Waals surface area (Å²) in [7, 11) is 1.64. The van der Waals surface area contributed by atoms with Crippen LogP contribution in [0, 0.1) is 0 Å². The van der Waals surface area contributed by atoms with Gasteiger partial charge in [-0.25, -0.2) is 0 Å². The highest BCUT2D eigenvalue weighted by atomic mass is 16.2. The number of hydrogen-bond acceptors (Lipinski definition) is 4. The highest BCUT2D eigenvalue weighted by Gasteiger charge is 2.18. The standard InChI is InChI=1S/C20H24N4O3/c1-15(25)23-9-11-24(12-10-23)18-5-3-16(4-6-18)14-21-20(27)17-7-8-22(2)19(26)13-17/h3-8,13H,9-12,14H2,1-2H3,(H,21,27). The van der Waals surface area contributed by atoms with Crippen molar-refractivity contribution in [3.63, 3.8) is 0 Å². The van der Waals surface area contributed by atoms with Crippen LogP contribution in [-0.4, -0.2) is 47.5 Å². The van der Waals surface area contributed by atoms with Crippen LogP contribution in [0.5, 0.6) is 0 Å². The van der Waals surface area contributed by atoms with Gasteiger partial charge in [0.2, 0.25) is 5.91 Å². The Bertz CT molecular complexity index is 881. The van der Waals surface area contributed by atoms with E-state index in [0.29, 0.717) is 12.1 Å². The van der Waals surface area contributed by atoms with Crippen molar-refractivity contribution >= 4 is 17.5 Å². The lowest BCUT2D eigenvalue weighted by Crippen LogP contribution is -2.48. The molecular weight excluding hydrogens is 344 g/mol. The Morgan fingerprint density at radius 3 is 2.30 bits per heavy atom. The van der Waals surface area contributed by atoms with Crippen LogP contribution in [0.3, 0.4) is 0 Å². The third kappa shape index (κ3) is 4.55. The summed E-state index contributed by atoms with van der Waals surface area (Å²) in [5.74, 6) is -0.144. The van der Waals surface area contributed by atoms with Crippen LogP contribution in [-0.2, 0) is 18.4 Å². The van der Waals surface area contributed by atoms with Gasteiger partial charge in [-0.05, 0) is 23.8 Å². The van der Waals surface area contributed by atoms with E-state index in [1.54, 1.807) is 26.2 Å². The monoisotopic (exact) mass is 368 g/mol. The molecule has 0 aliphatic carbocycles. The molecule has 1 N–H and O–H groups in total. The van der Waals surface area contributed by atoms with Crippen LogP contribution in [0.1, 0.15) is 22.8 Å². The van der Waals surface area contributed by atoms with Crippen LogP contribution in [0.4, 0.5) is 5.69 Å². The lowest BCUT2D eigenvalue weighted by Gasteiger charge is -2.35. The molecule has 27 heavy (non-hydrogen) atoms. The van der Waals surface area contributed by atoms with Crippen LogP contribution in [0.2, 0.25) is 0 Å². The van der Waals surface area contributed by atoms with E-state index >= 15 is 0 Å². The number of anilines is 1. The Morgan fingerprint density at radius 2 is 1.70 bits per heavy atom. The molecule has 1 fully saturated rings. The number of nitrogens with one attached hydrogen (secondary N) is 1. The molecule has 0 atom stereocenters. The van der Waals surface area contributed by atoms with Crippen molar-refractivity contribution in [2.24, 2.45) is 7.05 Å². The number of aryl methyl sites for hydroxylation is 1. The molecule has 1 aliphatic rings. The quantitative estimate of drug-likeness (QED) is 0.873. The molecule has 1 aromatic carbocycles.